The summed E-state index contributed by atoms with van der Waals surface area (Å²) in [6.07, 6.45) is 3.15. The highest BCUT2D eigenvalue weighted by molar-refractivity contribution is 7.91. The van der Waals surface area contributed by atoms with Crippen molar-refractivity contribution in [3.05, 3.63) is 0 Å². The van der Waals surface area contributed by atoms with Gasteiger partial charge in [-0.2, -0.15) is 0 Å². The Kier molecular flexibility index (Phi) is 4.10. The third kappa shape index (κ3) is 3.01. The highest BCUT2D eigenvalue weighted by Crippen LogP contribution is 2.26. The molecule has 2 aliphatic heterocycles. The van der Waals surface area contributed by atoms with E-state index in [0.29, 0.717) is 23.5 Å². The number of nitrogens with zero attached hydrogens (tertiary/aromatic N) is 1. The van der Waals surface area contributed by atoms with E-state index in [4.69, 9.17) is 0 Å². The van der Waals surface area contributed by atoms with Crippen LogP contribution in [0.15, 0.2) is 0 Å². The zero-order valence-corrected chi connectivity index (χ0v) is 11.7. The van der Waals surface area contributed by atoms with Gasteiger partial charge in [-0.3, -0.25) is 4.90 Å². The first kappa shape index (κ1) is 13.3. The maximum Gasteiger partial charge on any atom is 0.151 e. The molecule has 2 fully saturated rings. The van der Waals surface area contributed by atoms with Gasteiger partial charge in [0, 0.05) is 18.6 Å². The molecule has 0 aliphatic carbocycles. The lowest BCUT2D eigenvalue weighted by molar-refractivity contribution is 0.106. The first-order chi connectivity index (χ1) is 8.05. The number of hydrogen-bond acceptors (Lipinski definition) is 4. The molecule has 2 saturated heterocycles. The van der Waals surface area contributed by atoms with Crippen LogP contribution >= 0.6 is 0 Å². The molecule has 3 atom stereocenters. The fraction of sp³-hybridized carbons (Fsp3) is 1.00. The lowest BCUT2D eigenvalue weighted by Crippen LogP contribution is -2.51. The van der Waals surface area contributed by atoms with Gasteiger partial charge in [0.15, 0.2) is 9.84 Å². The van der Waals surface area contributed by atoms with Crippen LogP contribution in [0.5, 0.6) is 0 Å². The summed E-state index contributed by atoms with van der Waals surface area (Å²) in [6, 6.07) is 0.890. The van der Waals surface area contributed by atoms with Crippen LogP contribution in [0.4, 0.5) is 0 Å². The Morgan fingerprint density at radius 1 is 1.35 bits per heavy atom. The fourth-order valence-corrected chi connectivity index (χ4v) is 5.01. The van der Waals surface area contributed by atoms with Crippen LogP contribution in [0, 0.1) is 5.92 Å². The van der Waals surface area contributed by atoms with Crippen LogP contribution < -0.4 is 5.32 Å². The van der Waals surface area contributed by atoms with E-state index in [1.54, 1.807) is 0 Å². The van der Waals surface area contributed by atoms with Gasteiger partial charge in [-0.15, -0.1) is 0 Å². The zero-order chi connectivity index (χ0) is 12.5. The summed E-state index contributed by atoms with van der Waals surface area (Å²) in [4.78, 5) is 2.41. The van der Waals surface area contributed by atoms with E-state index in [-0.39, 0.29) is 6.04 Å². The molecule has 3 unspecified atom stereocenters. The third-order valence-electron chi connectivity index (χ3n) is 4.39. The number of hydrogen-bond donors (Lipinski definition) is 1. The molecule has 0 aromatic heterocycles. The molecule has 0 aromatic rings. The summed E-state index contributed by atoms with van der Waals surface area (Å²) in [7, 11) is -0.715. The van der Waals surface area contributed by atoms with E-state index >= 15 is 0 Å². The Morgan fingerprint density at radius 2 is 2.12 bits per heavy atom. The van der Waals surface area contributed by atoms with E-state index in [9.17, 15) is 8.42 Å². The molecule has 2 heterocycles. The van der Waals surface area contributed by atoms with Gasteiger partial charge in [-0.25, -0.2) is 8.42 Å². The van der Waals surface area contributed by atoms with Crippen molar-refractivity contribution in [2.45, 2.75) is 38.3 Å². The third-order valence-corrected chi connectivity index (χ3v) is 6.14. The number of sulfone groups is 1. The first-order valence-electron chi connectivity index (χ1n) is 6.67. The van der Waals surface area contributed by atoms with E-state index in [1.807, 2.05) is 7.05 Å². The Morgan fingerprint density at radius 3 is 2.65 bits per heavy atom. The molecule has 5 heteroatoms. The lowest BCUT2D eigenvalue weighted by Gasteiger charge is -2.40. The molecule has 0 amide bonds. The zero-order valence-electron chi connectivity index (χ0n) is 10.9. The minimum atomic E-state index is -2.75. The number of rotatable bonds is 3. The molecule has 4 nitrogen and oxygen atoms in total. The minimum absolute atomic E-state index is 0.284. The second-order valence-electron chi connectivity index (χ2n) is 5.40. The number of likely N-dealkylation sites (tertiary alicyclic amines) is 1. The van der Waals surface area contributed by atoms with E-state index in [2.05, 4.69) is 17.1 Å². The fourth-order valence-electron chi connectivity index (χ4n) is 3.25. The normalized spacial score (nSPS) is 38.4. The van der Waals surface area contributed by atoms with Gasteiger partial charge in [0.05, 0.1) is 11.5 Å². The Labute approximate surface area is 105 Å². The molecule has 2 aliphatic rings. The summed E-state index contributed by atoms with van der Waals surface area (Å²) >= 11 is 0. The Balaban J connectivity index is 1.96. The molecule has 0 saturated carbocycles. The Bertz CT molecular complexity index is 356. The van der Waals surface area contributed by atoms with Gasteiger partial charge in [0.1, 0.15) is 0 Å². The van der Waals surface area contributed by atoms with Gasteiger partial charge in [-0.1, -0.05) is 13.3 Å². The van der Waals surface area contributed by atoms with Crippen molar-refractivity contribution >= 4 is 9.84 Å². The van der Waals surface area contributed by atoms with Crippen molar-refractivity contribution in [2.75, 3.05) is 31.6 Å². The minimum Gasteiger partial charge on any atom is -0.317 e. The molecular weight excluding hydrogens is 236 g/mol. The van der Waals surface area contributed by atoms with E-state index in [0.717, 1.165) is 25.9 Å². The molecule has 0 spiro atoms. The van der Waals surface area contributed by atoms with Crippen LogP contribution in [0.2, 0.25) is 0 Å². The lowest BCUT2D eigenvalue weighted by atomic mass is 9.89. The highest BCUT2D eigenvalue weighted by atomic mass is 32.2. The van der Waals surface area contributed by atoms with Gasteiger partial charge in [0.2, 0.25) is 0 Å². The maximum atomic E-state index is 11.5. The average Bonchev–Trinajstić information content (AvgIpc) is 2.68. The van der Waals surface area contributed by atoms with Crippen molar-refractivity contribution in [3.63, 3.8) is 0 Å². The average molecular weight is 260 g/mol. The van der Waals surface area contributed by atoms with Crippen LogP contribution in [0.1, 0.15) is 26.2 Å². The molecule has 0 bridgehead atoms. The summed E-state index contributed by atoms with van der Waals surface area (Å²) in [5.74, 6) is 1.44. The van der Waals surface area contributed by atoms with Gasteiger partial charge >= 0.3 is 0 Å². The molecular formula is C12H24N2O2S. The molecule has 17 heavy (non-hydrogen) atoms. The van der Waals surface area contributed by atoms with Crippen molar-refractivity contribution in [1.29, 1.82) is 0 Å². The summed E-state index contributed by atoms with van der Waals surface area (Å²) in [6.45, 7) is 4.33. The predicted molar refractivity (Wildman–Crippen MR) is 69.9 cm³/mol. The number of nitrogens with one attached hydrogen (secondary N) is 1. The van der Waals surface area contributed by atoms with Crippen molar-refractivity contribution in [3.8, 4) is 0 Å². The van der Waals surface area contributed by atoms with Crippen LogP contribution in [0.3, 0.4) is 0 Å². The quantitative estimate of drug-likeness (QED) is 0.802. The van der Waals surface area contributed by atoms with Crippen LogP contribution in [0.25, 0.3) is 0 Å². The Hall–Kier alpha value is -0.130. The van der Waals surface area contributed by atoms with E-state index in [1.165, 1.54) is 6.42 Å². The predicted octanol–water partition coefficient (Wildman–Crippen LogP) is 0.493. The van der Waals surface area contributed by atoms with Crippen molar-refractivity contribution < 1.29 is 8.42 Å². The molecule has 100 valence electrons. The van der Waals surface area contributed by atoms with Crippen LogP contribution in [-0.4, -0.2) is 57.0 Å². The largest absolute Gasteiger partial charge is 0.317 e. The van der Waals surface area contributed by atoms with E-state index < -0.39 is 9.84 Å². The maximum absolute atomic E-state index is 11.5. The summed E-state index contributed by atoms with van der Waals surface area (Å²) in [5.41, 5.74) is 0. The van der Waals surface area contributed by atoms with Crippen LogP contribution in [-0.2, 0) is 9.84 Å². The first-order valence-corrected chi connectivity index (χ1v) is 8.49. The van der Waals surface area contributed by atoms with Gasteiger partial charge in [0.25, 0.3) is 0 Å². The molecule has 2 rings (SSSR count). The van der Waals surface area contributed by atoms with Crippen molar-refractivity contribution in [1.82, 2.24) is 10.2 Å². The number of piperidine rings is 1. The molecule has 0 radical (unpaired) electrons. The second kappa shape index (κ2) is 5.24. The molecule has 1 N–H and O–H groups in total. The second-order valence-corrected chi connectivity index (χ2v) is 7.63. The molecule has 0 aromatic carbocycles. The highest BCUT2D eigenvalue weighted by Gasteiger charge is 2.36. The van der Waals surface area contributed by atoms with Gasteiger partial charge < -0.3 is 5.32 Å². The monoisotopic (exact) mass is 260 g/mol. The smallest absolute Gasteiger partial charge is 0.151 e. The standard InChI is InChI=1S/C12H24N2O2S/c1-3-10-8-14(6-4-12(10)13-2)11-5-7-17(15,16)9-11/h10-13H,3-9H2,1-2H3. The topological polar surface area (TPSA) is 49.4 Å². The van der Waals surface area contributed by atoms with Gasteiger partial charge in [-0.05, 0) is 32.4 Å². The summed E-state index contributed by atoms with van der Waals surface area (Å²) in [5, 5.41) is 3.39. The SMILES string of the molecule is CCC1CN(C2CCS(=O)(=O)C2)CCC1NC. The van der Waals surface area contributed by atoms with Crippen molar-refractivity contribution in [2.24, 2.45) is 5.92 Å². The summed E-state index contributed by atoms with van der Waals surface area (Å²) < 4.78 is 23.0.